The molecule has 1 aromatic rings. The standard InChI is InChI=1S/C11H14O2/c1-4-12-10-5-7-11(8-6-10)13-9(2)3/h4-9H,1H2,2-3H3. The molecule has 0 aromatic heterocycles. The second-order valence-corrected chi connectivity index (χ2v) is 2.92. The zero-order valence-electron chi connectivity index (χ0n) is 7.99. The molecule has 0 unspecified atom stereocenters. The van der Waals surface area contributed by atoms with Crippen molar-refractivity contribution in [1.82, 2.24) is 0 Å². The zero-order valence-corrected chi connectivity index (χ0v) is 7.99. The van der Waals surface area contributed by atoms with Gasteiger partial charge in [-0.1, -0.05) is 6.58 Å². The van der Waals surface area contributed by atoms with Crippen LogP contribution >= 0.6 is 0 Å². The van der Waals surface area contributed by atoms with E-state index in [2.05, 4.69) is 6.58 Å². The molecule has 0 radical (unpaired) electrons. The maximum Gasteiger partial charge on any atom is 0.126 e. The van der Waals surface area contributed by atoms with Gasteiger partial charge in [0.2, 0.25) is 0 Å². The molecule has 1 rings (SSSR count). The highest BCUT2D eigenvalue weighted by Crippen LogP contribution is 2.18. The van der Waals surface area contributed by atoms with Gasteiger partial charge in [0.25, 0.3) is 0 Å². The van der Waals surface area contributed by atoms with Crippen molar-refractivity contribution < 1.29 is 9.47 Å². The Morgan fingerprint density at radius 3 is 2.15 bits per heavy atom. The van der Waals surface area contributed by atoms with Crippen LogP contribution in [0.1, 0.15) is 13.8 Å². The summed E-state index contributed by atoms with van der Waals surface area (Å²) in [6.45, 7) is 7.46. The molecular formula is C11H14O2. The van der Waals surface area contributed by atoms with Gasteiger partial charge in [-0.25, -0.2) is 0 Å². The van der Waals surface area contributed by atoms with Gasteiger partial charge in [-0.3, -0.25) is 0 Å². The van der Waals surface area contributed by atoms with Gasteiger partial charge in [0, 0.05) is 0 Å². The number of hydrogen-bond donors (Lipinski definition) is 0. The van der Waals surface area contributed by atoms with E-state index in [9.17, 15) is 0 Å². The van der Waals surface area contributed by atoms with Crippen molar-refractivity contribution in [2.45, 2.75) is 20.0 Å². The van der Waals surface area contributed by atoms with Gasteiger partial charge >= 0.3 is 0 Å². The molecule has 0 heterocycles. The van der Waals surface area contributed by atoms with E-state index >= 15 is 0 Å². The number of benzene rings is 1. The lowest BCUT2D eigenvalue weighted by Crippen LogP contribution is -2.05. The van der Waals surface area contributed by atoms with Gasteiger partial charge in [-0.05, 0) is 38.1 Å². The van der Waals surface area contributed by atoms with Crippen molar-refractivity contribution in [2.75, 3.05) is 0 Å². The highest BCUT2D eigenvalue weighted by molar-refractivity contribution is 5.31. The van der Waals surface area contributed by atoms with E-state index in [0.717, 1.165) is 11.5 Å². The fourth-order valence-corrected chi connectivity index (χ4v) is 0.965. The van der Waals surface area contributed by atoms with Crippen LogP contribution in [0.15, 0.2) is 37.1 Å². The molecule has 0 N–H and O–H groups in total. The molecule has 0 saturated heterocycles. The quantitative estimate of drug-likeness (QED) is 0.660. The van der Waals surface area contributed by atoms with Crippen LogP contribution < -0.4 is 9.47 Å². The Labute approximate surface area is 78.8 Å². The third kappa shape index (κ3) is 3.20. The minimum atomic E-state index is 0.200. The molecule has 70 valence electrons. The summed E-state index contributed by atoms with van der Waals surface area (Å²) in [7, 11) is 0. The summed E-state index contributed by atoms with van der Waals surface area (Å²) in [5.74, 6) is 1.62. The monoisotopic (exact) mass is 178 g/mol. The summed E-state index contributed by atoms with van der Waals surface area (Å²) in [6, 6.07) is 7.44. The van der Waals surface area contributed by atoms with E-state index < -0.39 is 0 Å². The molecule has 0 aliphatic carbocycles. The predicted octanol–water partition coefficient (Wildman–Crippen LogP) is 3.00. The van der Waals surface area contributed by atoms with Crippen molar-refractivity contribution in [1.29, 1.82) is 0 Å². The molecule has 0 saturated carbocycles. The van der Waals surface area contributed by atoms with Crippen molar-refractivity contribution >= 4 is 0 Å². The zero-order chi connectivity index (χ0) is 9.68. The van der Waals surface area contributed by atoms with Crippen LogP contribution in [0.25, 0.3) is 0 Å². The summed E-state index contributed by atoms with van der Waals surface area (Å²) in [5, 5.41) is 0. The van der Waals surface area contributed by atoms with E-state index in [-0.39, 0.29) is 6.10 Å². The fraction of sp³-hybridized carbons (Fsp3) is 0.273. The van der Waals surface area contributed by atoms with Crippen LogP contribution in [0.2, 0.25) is 0 Å². The minimum absolute atomic E-state index is 0.200. The first-order chi connectivity index (χ1) is 6.22. The average molecular weight is 178 g/mol. The van der Waals surface area contributed by atoms with E-state index in [4.69, 9.17) is 9.47 Å². The van der Waals surface area contributed by atoms with Crippen molar-refractivity contribution in [3.8, 4) is 11.5 Å². The van der Waals surface area contributed by atoms with Crippen LogP contribution in [-0.2, 0) is 0 Å². The van der Waals surface area contributed by atoms with Crippen molar-refractivity contribution in [3.05, 3.63) is 37.1 Å². The van der Waals surface area contributed by atoms with E-state index in [1.165, 1.54) is 6.26 Å². The molecule has 0 aliphatic rings. The Hall–Kier alpha value is -1.44. The maximum absolute atomic E-state index is 5.47. The summed E-state index contributed by atoms with van der Waals surface area (Å²) < 4.78 is 10.5. The Bertz CT molecular complexity index is 262. The SMILES string of the molecule is C=COc1ccc(OC(C)C)cc1. The number of rotatable bonds is 4. The average Bonchev–Trinajstić information content (AvgIpc) is 2.08. The normalized spacial score (nSPS) is 9.77. The predicted molar refractivity (Wildman–Crippen MR) is 53.0 cm³/mol. The van der Waals surface area contributed by atoms with Crippen LogP contribution in [0.4, 0.5) is 0 Å². The molecular weight excluding hydrogens is 164 g/mol. The highest BCUT2D eigenvalue weighted by Gasteiger charge is 1.97. The van der Waals surface area contributed by atoms with Crippen LogP contribution in [-0.4, -0.2) is 6.10 Å². The van der Waals surface area contributed by atoms with Crippen LogP contribution in [0, 0.1) is 0 Å². The van der Waals surface area contributed by atoms with Gasteiger partial charge in [0.05, 0.1) is 12.4 Å². The fourth-order valence-electron chi connectivity index (χ4n) is 0.965. The topological polar surface area (TPSA) is 18.5 Å². The third-order valence-electron chi connectivity index (χ3n) is 1.41. The molecule has 1 aromatic carbocycles. The minimum Gasteiger partial charge on any atom is -0.491 e. The first-order valence-electron chi connectivity index (χ1n) is 4.26. The highest BCUT2D eigenvalue weighted by atomic mass is 16.5. The largest absolute Gasteiger partial charge is 0.491 e. The Kier molecular flexibility index (Phi) is 3.38. The lowest BCUT2D eigenvalue weighted by atomic mass is 10.3. The maximum atomic E-state index is 5.47. The Morgan fingerprint density at radius 1 is 1.15 bits per heavy atom. The van der Waals surface area contributed by atoms with Gasteiger partial charge in [0.1, 0.15) is 11.5 Å². The molecule has 13 heavy (non-hydrogen) atoms. The molecule has 0 spiro atoms. The van der Waals surface area contributed by atoms with E-state index in [0.29, 0.717) is 0 Å². The molecule has 0 atom stereocenters. The second kappa shape index (κ2) is 4.55. The summed E-state index contributed by atoms with van der Waals surface area (Å²) in [4.78, 5) is 0. The van der Waals surface area contributed by atoms with Crippen molar-refractivity contribution in [3.63, 3.8) is 0 Å². The third-order valence-corrected chi connectivity index (χ3v) is 1.41. The summed E-state index contributed by atoms with van der Waals surface area (Å²) in [5.41, 5.74) is 0. The Morgan fingerprint density at radius 2 is 1.69 bits per heavy atom. The molecule has 0 fully saturated rings. The first kappa shape index (κ1) is 9.65. The van der Waals surface area contributed by atoms with Crippen LogP contribution in [0.5, 0.6) is 11.5 Å². The molecule has 0 amide bonds. The molecule has 2 heteroatoms. The molecule has 0 bridgehead atoms. The van der Waals surface area contributed by atoms with Gasteiger partial charge < -0.3 is 9.47 Å². The smallest absolute Gasteiger partial charge is 0.126 e. The number of ether oxygens (including phenoxy) is 2. The molecule has 2 nitrogen and oxygen atoms in total. The van der Waals surface area contributed by atoms with Crippen LogP contribution in [0.3, 0.4) is 0 Å². The lowest BCUT2D eigenvalue weighted by Gasteiger charge is -2.09. The van der Waals surface area contributed by atoms with Gasteiger partial charge in [-0.2, -0.15) is 0 Å². The second-order valence-electron chi connectivity index (χ2n) is 2.92. The van der Waals surface area contributed by atoms with Gasteiger partial charge in [0.15, 0.2) is 0 Å². The molecule has 0 aliphatic heterocycles. The lowest BCUT2D eigenvalue weighted by molar-refractivity contribution is 0.242. The van der Waals surface area contributed by atoms with Crippen molar-refractivity contribution in [2.24, 2.45) is 0 Å². The Balaban J connectivity index is 2.63. The summed E-state index contributed by atoms with van der Waals surface area (Å²) >= 11 is 0. The summed E-state index contributed by atoms with van der Waals surface area (Å²) in [6.07, 6.45) is 1.60. The van der Waals surface area contributed by atoms with Gasteiger partial charge in [-0.15, -0.1) is 0 Å². The first-order valence-corrected chi connectivity index (χ1v) is 4.26. The van der Waals surface area contributed by atoms with E-state index in [1.807, 2.05) is 38.1 Å². The number of hydrogen-bond acceptors (Lipinski definition) is 2. The van der Waals surface area contributed by atoms with E-state index in [1.54, 1.807) is 0 Å².